The van der Waals surface area contributed by atoms with Crippen molar-refractivity contribution in [2.75, 3.05) is 32.8 Å². The fraction of sp³-hybridized carbons (Fsp3) is 0.778. The van der Waals surface area contributed by atoms with Gasteiger partial charge in [-0.05, 0) is 33.1 Å². The molecule has 24 heavy (non-hydrogen) atoms. The van der Waals surface area contributed by atoms with Gasteiger partial charge >= 0.3 is 0 Å². The third kappa shape index (κ3) is 2.75. The molecule has 1 aromatic rings. The molecule has 4 rings (SSSR count). The van der Waals surface area contributed by atoms with E-state index in [0.29, 0.717) is 6.61 Å². The Labute approximate surface area is 143 Å². The van der Waals surface area contributed by atoms with Gasteiger partial charge in [0.15, 0.2) is 0 Å². The molecular formula is C18H28N4O2. The molecule has 0 N–H and O–H groups in total. The first-order valence-corrected chi connectivity index (χ1v) is 9.21. The van der Waals surface area contributed by atoms with Crippen LogP contribution in [0.25, 0.3) is 0 Å². The van der Waals surface area contributed by atoms with Crippen molar-refractivity contribution in [3.8, 4) is 0 Å². The lowest BCUT2D eigenvalue weighted by Gasteiger charge is -2.36. The van der Waals surface area contributed by atoms with Gasteiger partial charge in [-0.1, -0.05) is 0 Å². The minimum absolute atomic E-state index is 0.0564. The van der Waals surface area contributed by atoms with Crippen LogP contribution in [0.5, 0.6) is 0 Å². The molecule has 0 spiro atoms. The number of nitrogens with zero attached hydrogens (tertiary/aromatic N) is 4. The maximum atomic E-state index is 13.1. The predicted molar refractivity (Wildman–Crippen MR) is 90.7 cm³/mol. The summed E-state index contributed by atoms with van der Waals surface area (Å²) in [7, 11) is 1.95. The molecule has 1 aliphatic carbocycles. The van der Waals surface area contributed by atoms with E-state index in [1.807, 2.05) is 18.7 Å². The van der Waals surface area contributed by atoms with Crippen molar-refractivity contribution in [1.29, 1.82) is 0 Å². The second-order valence-corrected chi connectivity index (χ2v) is 7.49. The van der Waals surface area contributed by atoms with E-state index in [1.54, 1.807) is 0 Å². The summed E-state index contributed by atoms with van der Waals surface area (Å²) in [4.78, 5) is 17.7. The first-order chi connectivity index (χ1) is 11.6. The van der Waals surface area contributed by atoms with E-state index < -0.39 is 0 Å². The van der Waals surface area contributed by atoms with E-state index in [4.69, 9.17) is 4.74 Å². The molecule has 0 radical (unpaired) electrons. The van der Waals surface area contributed by atoms with Crippen LogP contribution in [-0.2, 0) is 16.6 Å². The van der Waals surface area contributed by atoms with Crippen molar-refractivity contribution in [2.45, 2.75) is 45.3 Å². The first kappa shape index (κ1) is 16.1. The average Bonchev–Trinajstić information content (AvgIpc) is 3.27. The van der Waals surface area contributed by atoms with Gasteiger partial charge < -0.3 is 9.64 Å². The normalized spacial score (nSPS) is 28.5. The molecule has 0 aromatic carbocycles. The van der Waals surface area contributed by atoms with Crippen LogP contribution in [0.4, 0.5) is 0 Å². The van der Waals surface area contributed by atoms with Crippen molar-refractivity contribution in [3.05, 3.63) is 17.0 Å². The van der Waals surface area contributed by atoms with E-state index in [1.165, 1.54) is 12.8 Å². The monoisotopic (exact) mass is 332 g/mol. The molecule has 3 fully saturated rings. The topological polar surface area (TPSA) is 50.6 Å². The Hall–Kier alpha value is -1.40. The number of hydrogen-bond donors (Lipinski definition) is 0. The Bertz CT molecular complexity index is 629. The van der Waals surface area contributed by atoms with Crippen molar-refractivity contribution < 1.29 is 9.53 Å². The first-order valence-electron chi connectivity index (χ1n) is 9.21. The molecule has 1 aromatic heterocycles. The summed E-state index contributed by atoms with van der Waals surface area (Å²) in [5, 5.41) is 4.50. The van der Waals surface area contributed by atoms with Crippen LogP contribution in [0.15, 0.2) is 0 Å². The number of ether oxygens (including phenoxy) is 1. The van der Waals surface area contributed by atoms with Crippen LogP contribution in [0.3, 0.4) is 0 Å². The fourth-order valence-corrected chi connectivity index (χ4v) is 4.31. The second kappa shape index (κ2) is 6.15. The van der Waals surface area contributed by atoms with Crippen molar-refractivity contribution in [1.82, 2.24) is 19.6 Å². The summed E-state index contributed by atoms with van der Waals surface area (Å²) < 4.78 is 7.89. The number of aromatic nitrogens is 2. The Kier molecular flexibility index (Phi) is 4.12. The van der Waals surface area contributed by atoms with Gasteiger partial charge in [-0.2, -0.15) is 5.10 Å². The minimum atomic E-state index is -0.132. The van der Waals surface area contributed by atoms with Gasteiger partial charge in [0.2, 0.25) is 5.91 Å². The number of aryl methyl sites for hydroxylation is 2. The van der Waals surface area contributed by atoms with Crippen molar-refractivity contribution in [2.24, 2.45) is 13.0 Å². The van der Waals surface area contributed by atoms with Gasteiger partial charge in [0, 0.05) is 57.1 Å². The zero-order chi connectivity index (χ0) is 16.8. The quantitative estimate of drug-likeness (QED) is 0.840. The van der Waals surface area contributed by atoms with E-state index in [2.05, 4.69) is 21.8 Å². The van der Waals surface area contributed by atoms with Gasteiger partial charge in [-0.25, -0.2) is 0 Å². The van der Waals surface area contributed by atoms with E-state index in [0.717, 1.165) is 55.6 Å². The molecule has 0 unspecified atom stereocenters. The highest BCUT2D eigenvalue weighted by Crippen LogP contribution is 2.39. The Balaban J connectivity index is 1.47. The number of hydrogen-bond acceptors (Lipinski definition) is 4. The molecule has 2 aliphatic heterocycles. The van der Waals surface area contributed by atoms with Gasteiger partial charge in [0.25, 0.3) is 0 Å². The highest BCUT2D eigenvalue weighted by molar-refractivity contribution is 5.80. The van der Waals surface area contributed by atoms with Gasteiger partial charge in [-0.3, -0.25) is 14.4 Å². The van der Waals surface area contributed by atoms with Crippen LogP contribution >= 0.6 is 0 Å². The molecule has 6 heteroatoms. The third-order valence-corrected chi connectivity index (χ3v) is 5.95. The van der Waals surface area contributed by atoms with Crippen LogP contribution < -0.4 is 0 Å². The summed E-state index contributed by atoms with van der Waals surface area (Å²) in [6, 6.07) is 0.797. The van der Waals surface area contributed by atoms with Crippen LogP contribution in [0.1, 0.15) is 42.3 Å². The zero-order valence-electron chi connectivity index (χ0n) is 15.0. The van der Waals surface area contributed by atoms with Crippen molar-refractivity contribution in [3.63, 3.8) is 0 Å². The molecule has 1 saturated carbocycles. The Morgan fingerprint density at radius 1 is 1.12 bits per heavy atom. The van der Waals surface area contributed by atoms with Gasteiger partial charge in [0.05, 0.1) is 17.7 Å². The Morgan fingerprint density at radius 2 is 1.83 bits per heavy atom. The molecule has 3 heterocycles. The molecule has 2 atom stereocenters. The predicted octanol–water partition coefficient (Wildman–Crippen LogP) is 1.42. The number of amides is 1. The minimum Gasteiger partial charge on any atom is -0.373 e. The van der Waals surface area contributed by atoms with E-state index in [9.17, 15) is 4.79 Å². The maximum absolute atomic E-state index is 13.1. The highest BCUT2D eigenvalue weighted by atomic mass is 16.5. The molecule has 6 nitrogen and oxygen atoms in total. The van der Waals surface area contributed by atoms with E-state index in [-0.39, 0.29) is 17.9 Å². The number of rotatable bonds is 3. The standard InChI is InChI=1S/C18H28N4O2/c1-12-16(13(2)20(3)19-12)17-15(6-11-24-17)18(23)22-9-7-21(8-10-22)14-4-5-14/h14-15,17H,4-11H2,1-3H3/t15-,17-/m0/s1. The van der Waals surface area contributed by atoms with Gasteiger partial charge in [-0.15, -0.1) is 0 Å². The van der Waals surface area contributed by atoms with Gasteiger partial charge in [0.1, 0.15) is 0 Å². The molecule has 0 bridgehead atoms. The number of piperazine rings is 1. The second-order valence-electron chi connectivity index (χ2n) is 7.49. The molecule has 132 valence electrons. The smallest absolute Gasteiger partial charge is 0.228 e. The maximum Gasteiger partial charge on any atom is 0.228 e. The number of carbonyl (C=O) groups excluding carboxylic acids is 1. The number of carbonyl (C=O) groups is 1. The largest absolute Gasteiger partial charge is 0.373 e. The summed E-state index contributed by atoms with van der Waals surface area (Å²) in [5.74, 6) is 0.217. The van der Waals surface area contributed by atoms with Crippen LogP contribution in [0, 0.1) is 19.8 Å². The lowest BCUT2D eigenvalue weighted by atomic mass is 9.92. The summed E-state index contributed by atoms with van der Waals surface area (Å²) in [6.07, 6.45) is 3.37. The fourth-order valence-electron chi connectivity index (χ4n) is 4.31. The SMILES string of the molecule is Cc1nn(C)c(C)c1[C@H]1OCC[C@@H]1C(=O)N1CCN(C2CC2)CC1. The van der Waals surface area contributed by atoms with Crippen LogP contribution in [0.2, 0.25) is 0 Å². The molecule has 2 saturated heterocycles. The third-order valence-electron chi connectivity index (χ3n) is 5.95. The zero-order valence-corrected chi connectivity index (χ0v) is 15.0. The molecule has 3 aliphatic rings. The highest BCUT2D eigenvalue weighted by Gasteiger charge is 2.41. The summed E-state index contributed by atoms with van der Waals surface area (Å²) in [5.41, 5.74) is 3.21. The van der Waals surface area contributed by atoms with E-state index >= 15 is 0 Å². The lowest BCUT2D eigenvalue weighted by molar-refractivity contribution is -0.139. The molecule has 1 amide bonds. The summed E-state index contributed by atoms with van der Waals surface area (Å²) in [6.45, 7) is 8.52. The summed E-state index contributed by atoms with van der Waals surface area (Å²) >= 11 is 0. The lowest BCUT2D eigenvalue weighted by Crippen LogP contribution is -2.51. The van der Waals surface area contributed by atoms with Crippen molar-refractivity contribution >= 4 is 5.91 Å². The average molecular weight is 332 g/mol. The Morgan fingerprint density at radius 3 is 2.42 bits per heavy atom. The van der Waals surface area contributed by atoms with Crippen LogP contribution in [-0.4, -0.2) is 64.3 Å². The molecular weight excluding hydrogens is 304 g/mol.